The molecule has 0 aliphatic rings. The molecule has 0 radical (unpaired) electrons. The molecule has 1 rings (SSSR count). The molecule has 0 saturated heterocycles. The van der Waals surface area contributed by atoms with E-state index in [1.165, 1.54) is 0 Å². The number of aromatic nitrogens is 1. The predicted octanol–water partition coefficient (Wildman–Crippen LogP) is 2.13. The quantitative estimate of drug-likeness (QED) is 0.550. The number of ether oxygens (including phenoxy) is 1. The van der Waals surface area contributed by atoms with Crippen LogP contribution in [-0.4, -0.2) is 23.1 Å². The molecule has 0 fully saturated rings. The Bertz CT molecular complexity index is 322. The number of rotatable bonds is 8. The van der Waals surface area contributed by atoms with Gasteiger partial charge in [0, 0.05) is 11.9 Å². The van der Waals surface area contributed by atoms with Gasteiger partial charge in [-0.15, -0.1) is 0 Å². The maximum absolute atomic E-state index is 5.56. The lowest BCUT2D eigenvalue weighted by molar-refractivity contribution is 0.315. The number of hydrogen-bond acceptors (Lipinski definition) is 5. The fraction of sp³-hybridized carbons (Fsp3) is 0.583. The summed E-state index contributed by atoms with van der Waals surface area (Å²) in [4.78, 5) is 4.18. The Morgan fingerprint density at radius 3 is 2.94 bits per heavy atom. The lowest BCUT2D eigenvalue weighted by Crippen LogP contribution is -2.29. The largest absolute Gasteiger partial charge is 0.492 e. The standard InChI is InChI=1S/C12H21N3OS/c1-3-5-16-11-6-10(7-14-8-11)12(15-13)9-17-4-2/h6-8,12,15H,3-5,9,13H2,1-2H3. The molecule has 96 valence electrons. The van der Waals surface area contributed by atoms with E-state index in [0.29, 0.717) is 0 Å². The van der Waals surface area contributed by atoms with Crippen molar-refractivity contribution in [1.29, 1.82) is 0 Å². The van der Waals surface area contributed by atoms with E-state index in [4.69, 9.17) is 10.6 Å². The van der Waals surface area contributed by atoms with Crippen molar-refractivity contribution in [3.63, 3.8) is 0 Å². The second kappa shape index (κ2) is 8.33. The lowest BCUT2D eigenvalue weighted by atomic mass is 10.1. The van der Waals surface area contributed by atoms with E-state index in [2.05, 4.69) is 24.3 Å². The highest BCUT2D eigenvalue weighted by molar-refractivity contribution is 7.99. The molecular formula is C12H21N3OS. The Kier molecular flexibility index (Phi) is 7.00. The topological polar surface area (TPSA) is 60.2 Å². The van der Waals surface area contributed by atoms with E-state index in [0.717, 1.165) is 35.8 Å². The fourth-order valence-corrected chi connectivity index (χ4v) is 2.16. The van der Waals surface area contributed by atoms with Gasteiger partial charge in [0.25, 0.3) is 0 Å². The lowest BCUT2D eigenvalue weighted by Gasteiger charge is -2.16. The van der Waals surface area contributed by atoms with Gasteiger partial charge in [-0.25, -0.2) is 0 Å². The molecule has 0 amide bonds. The van der Waals surface area contributed by atoms with Gasteiger partial charge in [0.2, 0.25) is 0 Å². The maximum Gasteiger partial charge on any atom is 0.137 e. The Labute approximate surface area is 107 Å². The van der Waals surface area contributed by atoms with Crippen LogP contribution in [0.3, 0.4) is 0 Å². The number of pyridine rings is 1. The molecule has 1 aromatic rings. The van der Waals surface area contributed by atoms with Crippen LogP contribution in [0.2, 0.25) is 0 Å². The Morgan fingerprint density at radius 1 is 1.47 bits per heavy atom. The van der Waals surface area contributed by atoms with Crippen LogP contribution in [0, 0.1) is 0 Å². The van der Waals surface area contributed by atoms with Gasteiger partial charge in [-0.1, -0.05) is 13.8 Å². The van der Waals surface area contributed by atoms with Gasteiger partial charge in [-0.3, -0.25) is 16.3 Å². The summed E-state index contributed by atoms with van der Waals surface area (Å²) in [5.74, 6) is 8.39. The highest BCUT2D eigenvalue weighted by Gasteiger charge is 2.10. The molecule has 4 nitrogen and oxygen atoms in total. The molecule has 1 unspecified atom stereocenters. The van der Waals surface area contributed by atoms with E-state index in [9.17, 15) is 0 Å². The third-order valence-corrected chi connectivity index (χ3v) is 3.28. The zero-order valence-electron chi connectivity index (χ0n) is 10.5. The summed E-state index contributed by atoms with van der Waals surface area (Å²) < 4.78 is 5.56. The van der Waals surface area contributed by atoms with Crippen molar-refractivity contribution in [2.24, 2.45) is 5.84 Å². The summed E-state index contributed by atoms with van der Waals surface area (Å²) >= 11 is 1.85. The van der Waals surface area contributed by atoms with Crippen LogP contribution in [0.15, 0.2) is 18.5 Å². The molecule has 1 heterocycles. The van der Waals surface area contributed by atoms with Gasteiger partial charge < -0.3 is 4.74 Å². The van der Waals surface area contributed by atoms with Crippen molar-refractivity contribution >= 4 is 11.8 Å². The molecule has 17 heavy (non-hydrogen) atoms. The van der Waals surface area contributed by atoms with Crippen LogP contribution in [-0.2, 0) is 0 Å². The SMILES string of the molecule is CCCOc1cncc(C(CSCC)NN)c1. The van der Waals surface area contributed by atoms with Gasteiger partial charge in [-0.05, 0) is 23.8 Å². The highest BCUT2D eigenvalue weighted by Crippen LogP contribution is 2.20. The number of nitrogens with two attached hydrogens (primary N) is 1. The molecule has 5 heteroatoms. The van der Waals surface area contributed by atoms with Gasteiger partial charge in [0.05, 0.1) is 18.8 Å². The first kappa shape index (κ1) is 14.3. The second-order valence-corrected chi connectivity index (χ2v) is 5.00. The van der Waals surface area contributed by atoms with Crippen LogP contribution >= 0.6 is 11.8 Å². The third-order valence-electron chi connectivity index (χ3n) is 2.30. The first-order chi connectivity index (χ1) is 8.31. The summed E-state index contributed by atoms with van der Waals surface area (Å²) in [5.41, 5.74) is 3.89. The zero-order chi connectivity index (χ0) is 12.5. The van der Waals surface area contributed by atoms with Crippen LogP contribution < -0.4 is 16.0 Å². The summed E-state index contributed by atoms with van der Waals surface area (Å²) in [5, 5.41) is 0. The average Bonchev–Trinajstić information content (AvgIpc) is 2.38. The monoisotopic (exact) mass is 255 g/mol. The minimum absolute atomic E-state index is 0.123. The minimum atomic E-state index is 0.123. The number of thioether (sulfide) groups is 1. The second-order valence-electron chi connectivity index (χ2n) is 3.68. The van der Waals surface area contributed by atoms with E-state index >= 15 is 0 Å². The van der Waals surface area contributed by atoms with E-state index in [1.807, 2.05) is 24.0 Å². The maximum atomic E-state index is 5.56. The number of nitrogens with one attached hydrogen (secondary N) is 1. The predicted molar refractivity (Wildman–Crippen MR) is 73.1 cm³/mol. The third kappa shape index (κ3) is 4.93. The first-order valence-corrected chi connectivity index (χ1v) is 7.08. The number of nitrogens with zero attached hydrogens (tertiary/aromatic N) is 1. The van der Waals surface area contributed by atoms with Crippen molar-refractivity contribution in [1.82, 2.24) is 10.4 Å². The Morgan fingerprint density at radius 2 is 2.29 bits per heavy atom. The minimum Gasteiger partial charge on any atom is -0.492 e. The average molecular weight is 255 g/mol. The van der Waals surface area contributed by atoms with Crippen LogP contribution in [0.1, 0.15) is 31.9 Å². The van der Waals surface area contributed by atoms with Gasteiger partial charge in [0.1, 0.15) is 5.75 Å². The molecule has 0 aliphatic heterocycles. The molecule has 1 aromatic heterocycles. The van der Waals surface area contributed by atoms with Crippen molar-refractivity contribution < 1.29 is 4.74 Å². The molecule has 0 spiro atoms. The van der Waals surface area contributed by atoms with Crippen LogP contribution in [0.4, 0.5) is 0 Å². The smallest absolute Gasteiger partial charge is 0.137 e. The van der Waals surface area contributed by atoms with Crippen molar-refractivity contribution in [3.8, 4) is 5.75 Å². The first-order valence-electron chi connectivity index (χ1n) is 5.93. The van der Waals surface area contributed by atoms with Gasteiger partial charge in [0.15, 0.2) is 0 Å². The summed E-state index contributed by atoms with van der Waals surface area (Å²) in [6.07, 6.45) is 4.56. The summed E-state index contributed by atoms with van der Waals surface area (Å²) in [6, 6.07) is 2.13. The zero-order valence-corrected chi connectivity index (χ0v) is 11.3. The van der Waals surface area contributed by atoms with E-state index < -0.39 is 0 Å². The van der Waals surface area contributed by atoms with E-state index in [-0.39, 0.29) is 6.04 Å². The molecule has 0 bridgehead atoms. The summed E-state index contributed by atoms with van der Waals surface area (Å²) in [7, 11) is 0. The number of hydrogen-bond donors (Lipinski definition) is 2. The van der Waals surface area contributed by atoms with Gasteiger partial charge >= 0.3 is 0 Å². The molecule has 3 N–H and O–H groups in total. The highest BCUT2D eigenvalue weighted by atomic mass is 32.2. The fourth-order valence-electron chi connectivity index (χ4n) is 1.40. The normalized spacial score (nSPS) is 12.4. The van der Waals surface area contributed by atoms with E-state index in [1.54, 1.807) is 6.20 Å². The molecule has 0 aromatic carbocycles. The molecular weight excluding hydrogens is 234 g/mol. The molecule has 1 atom stereocenters. The van der Waals surface area contributed by atoms with Crippen LogP contribution in [0.5, 0.6) is 5.75 Å². The van der Waals surface area contributed by atoms with Crippen molar-refractivity contribution in [3.05, 3.63) is 24.0 Å². The Balaban J connectivity index is 2.66. The molecule has 0 aliphatic carbocycles. The van der Waals surface area contributed by atoms with Crippen molar-refractivity contribution in [2.45, 2.75) is 26.3 Å². The van der Waals surface area contributed by atoms with Gasteiger partial charge in [-0.2, -0.15) is 11.8 Å². The Hall–Kier alpha value is -0.780. The number of hydrazine groups is 1. The van der Waals surface area contributed by atoms with Crippen LogP contribution in [0.25, 0.3) is 0 Å². The van der Waals surface area contributed by atoms with Crippen molar-refractivity contribution in [2.75, 3.05) is 18.1 Å². The summed E-state index contributed by atoms with van der Waals surface area (Å²) in [6.45, 7) is 4.94. The molecule has 0 saturated carbocycles.